The summed E-state index contributed by atoms with van der Waals surface area (Å²) in [5.41, 5.74) is 2.58. The molecule has 28 heavy (non-hydrogen) atoms. The summed E-state index contributed by atoms with van der Waals surface area (Å²) in [4.78, 5) is 0. The average Bonchev–Trinajstić information content (AvgIpc) is 2.69. The Balaban J connectivity index is 1.67. The molecule has 0 saturated heterocycles. The standard InChI is InChI=1S/C26H30F2/c1-3-5-20-6-8-21(9-7-20)10-11-23-12-13-24(19-25(23)27)22-14-17-26(28,16-4-2)18-15-22/h6-9,12-13,19,22H,3-5,14-18H2,1-2H3. The Morgan fingerprint density at radius 3 is 2.29 bits per heavy atom. The normalized spacial score (nSPS) is 21.8. The lowest BCUT2D eigenvalue weighted by Gasteiger charge is -2.34. The zero-order valence-corrected chi connectivity index (χ0v) is 17.0. The molecule has 2 heteroatoms. The molecule has 0 heterocycles. The molecular formula is C26H30F2. The Labute approximate surface area is 168 Å². The van der Waals surface area contributed by atoms with Crippen LogP contribution in [-0.4, -0.2) is 5.67 Å². The van der Waals surface area contributed by atoms with Gasteiger partial charge in [0, 0.05) is 5.56 Å². The summed E-state index contributed by atoms with van der Waals surface area (Å²) in [5, 5.41) is 0. The minimum absolute atomic E-state index is 0.253. The van der Waals surface area contributed by atoms with Gasteiger partial charge in [-0.05, 0) is 79.8 Å². The van der Waals surface area contributed by atoms with E-state index in [1.807, 2.05) is 25.1 Å². The Hall–Kier alpha value is -2.14. The zero-order chi connectivity index (χ0) is 20.0. The number of benzene rings is 2. The van der Waals surface area contributed by atoms with Crippen molar-refractivity contribution >= 4 is 0 Å². The molecule has 0 N–H and O–H groups in total. The number of hydrogen-bond donors (Lipinski definition) is 0. The van der Waals surface area contributed by atoms with Crippen LogP contribution >= 0.6 is 0 Å². The molecule has 148 valence electrons. The first-order valence-electron chi connectivity index (χ1n) is 10.6. The maximum atomic E-state index is 14.6. The first-order valence-corrected chi connectivity index (χ1v) is 10.6. The first-order chi connectivity index (χ1) is 13.5. The lowest BCUT2D eigenvalue weighted by atomic mass is 9.75. The molecule has 1 saturated carbocycles. The van der Waals surface area contributed by atoms with Crippen molar-refractivity contribution in [1.82, 2.24) is 0 Å². The average molecular weight is 381 g/mol. The SMILES string of the molecule is CCCc1ccc(C#Cc2ccc(C3CCC(F)(CCC)CC3)cc2F)cc1. The number of halogens is 2. The van der Waals surface area contributed by atoms with Crippen molar-refractivity contribution in [2.45, 2.75) is 76.8 Å². The highest BCUT2D eigenvalue weighted by molar-refractivity contribution is 5.45. The quantitative estimate of drug-likeness (QED) is 0.476. The Morgan fingerprint density at radius 2 is 1.68 bits per heavy atom. The molecule has 0 bridgehead atoms. The fourth-order valence-electron chi connectivity index (χ4n) is 4.24. The van der Waals surface area contributed by atoms with Gasteiger partial charge in [-0.25, -0.2) is 8.78 Å². The highest BCUT2D eigenvalue weighted by Gasteiger charge is 2.34. The fourth-order valence-corrected chi connectivity index (χ4v) is 4.24. The summed E-state index contributed by atoms with van der Waals surface area (Å²) >= 11 is 0. The van der Waals surface area contributed by atoms with Crippen LogP contribution in [0.5, 0.6) is 0 Å². The molecule has 0 aromatic heterocycles. The maximum Gasteiger partial charge on any atom is 0.139 e. The number of rotatable bonds is 5. The molecular weight excluding hydrogens is 350 g/mol. The van der Waals surface area contributed by atoms with Gasteiger partial charge in [-0.1, -0.05) is 56.7 Å². The van der Waals surface area contributed by atoms with Crippen LogP contribution < -0.4 is 0 Å². The third-order valence-electron chi connectivity index (χ3n) is 5.88. The lowest BCUT2D eigenvalue weighted by molar-refractivity contribution is 0.0873. The summed E-state index contributed by atoms with van der Waals surface area (Å²) < 4.78 is 29.2. The lowest BCUT2D eigenvalue weighted by Crippen LogP contribution is -2.28. The van der Waals surface area contributed by atoms with E-state index in [4.69, 9.17) is 0 Å². The van der Waals surface area contributed by atoms with Crippen molar-refractivity contribution in [1.29, 1.82) is 0 Å². The van der Waals surface area contributed by atoms with Crippen LogP contribution in [0.1, 0.15) is 87.0 Å². The molecule has 0 atom stereocenters. The van der Waals surface area contributed by atoms with E-state index in [0.29, 0.717) is 24.8 Å². The molecule has 0 unspecified atom stereocenters. The summed E-state index contributed by atoms with van der Waals surface area (Å²) in [7, 11) is 0. The van der Waals surface area contributed by atoms with E-state index in [9.17, 15) is 8.78 Å². The molecule has 0 amide bonds. The van der Waals surface area contributed by atoms with Crippen LogP contribution in [0.4, 0.5) is 8.78 Å². The second kappa shape index (κ2) is 9.37. The molecule has 1 fully saturated rings. The molecule has 0 radical (unpaired) electrons. The van der Waals surface area contributed by atoms with Crippen molar-refractivity contribution in [3.05, 3.63) is 70.5 Å². The van der Waals surface area contributed by atoms with Gasteiger partial charge in [-0.15, -0.1) is 0 Å². The number of alkyl halides is 1. The van der Waals surface area contributed by atoms with Gasteiger partial charge in [0.2, 0.25) is 0 Å². The van der Waals surface area contributed by atoms with Crippen LogP contribution in [0.2, 0.25) is 0 Å². The zero-order valence-electron chi connectivity index (χ0n) is 17.0. The largest absolute Gasteiger partial charge is 0.244 e. The van der Waals surface area contributed by atoms with Gasteiger partial charge in [-0.2, -0.15) is 0 Å². The summed E-state index contributed by atoms with van der Waals surface area (Å²) in [6.45, 7) is 4.19. The molecule has 0 nitrogen and oxygen atoms in total. The van der Waals surface area contributed by atoms with Crippen LogP contribution in [0.25, 0.3) is 0 Å². The van der Waals surface area contributed by atoms with Crippen molar-refractivity contribution < 1.29 is 8.78 Å². The fraction of sp³-hybridized carbons (Fsp3) is 0.462. The topological polar surface area (TPSA) is 0 Å². The van der Waals surface area contributed by atoms with Gasteiger partial charge in [-0.3, -0.25) is 0 Å². The smallest absolute Gasteiger partial charge is 0.139 e. The highest BCUT2D eigenvalue weighted by Crippen LogP contribution is 2.42. The summed E-state index contributed by atoms with van der Waals surface area (Å²) in [6, 6.07) is 13.5. The van der Waals surface area contributed by atoms with Crippen molar-refractivity contribution in [2.24, 2.45) is 0 Å². The van der Waals surface area contributed by atoms with Crippen LogP contribution in [0.15, 0.2) is 42.5 Å². The molecule has 3 rings (SSSR count). The minimum atomic E-state index is -1.01. The molecule has 2 aromatic rings. The third kappa shape index (κ3) is 5.22. The summed E-state index contributed by atoms with van der Waals surface area (Å²) in [5.74, 6) is 5.98. The predicted molar refractivity (Wildman–Crippen MR) is 113 cm³/mol. The molecule has 2 aromatic carbocycles. The van der Waals surface area contributed by atoms with E-state index in [2.05, 4.69) is 30.9 Å². The highest BCUT2D eigenvalue weighted by atomic mass is 19.1. The van der Waals surface area contributed by atoms with E-state index in [-0.39, 0.29) is 11.7 Å². The molecule has 1 aliphatic carbocycles. The third-order valence-corrected chi connectivity index (χ3v) is 5.88. The van der Waals surface area contributed by atoms with E-state index in [1.54, 1.807) is 12.1 Å². The molecule has 0 aliphatic heterocycles. The van der Waals surface area contributed by atoms with Gasteiger partial charge < -0.3 is 0 Å². The maximum absolute atomic E-state index is 14.6. The molecule has 1 aliphatic rings. The predicted octanol–water partition coefficient (Wildman–Crippen LogP) is 7.34. The van der Waals surface area contributed by atoms with Gasteiger partial charge in [0.1, 0.15) is 11.5 Å². The van der Waals surface area contributed by atoms with Crippen LogP contribution in [-0.2, 0) is 6.42 Å². The minimum Gasteiger partial charge on any atom is -0.244 e. The van der Waals surface area contributed by atoms with Crippen molar-refractivity contribution in [2.75, 3.05) is 0 Å². The summed E-state index contributed by atoms with van der Waals surface area (Å²) in [6.07, 6.45) is 6.47. The Morgan fingerprint density at radius 1 is 0.964 bits per heavy atom. The monoisotopic (exact) mass is 380 g/mol. The van der Waals surface area contributed by atoms with Gasteiger partial charge >= 0.3 is 0 Å². The Kier molecular flexibility index (Phi) is 6.89. The van der Waals surface area contributed by atoms with E-state index in [0.717, 1.165) is 43.2 Å². The van der Waals surface area contributed by atoms with E-state index >= 15 is 0 Å². The van der Waals surface area contributed by atoms with Crippen LogP contribution in [0.3, 0.4) is 0 Å². The van der Waals surface area contributed by atoms with Gasteiger partial charge in [0.25, 0.3) is 0 Å². The van der Waals surface area contributed by atoms with Gasteiger partial charge in [0.05, 0.1) is 5.56 Å². The van der Waals surface area contributed by atoms with Crippen molar-refractivity contribution in [3.8, 4) is 11.8 Å². The van der Waals surface area contributed by atoms with E-state index < -0.39 is 5.67 Å². The first kappa shape index (κ1) is 20.6. The van der Waals surface area contributed by atoms with Crippen molar-refractivity contribution in [3.63, 3.8) is 0 Å². The number of aryl methyl sites for hydroxylation is 1. The van der Waals surface area contributed by atoms with E-state index in [1.165, 1.54) is 5.56 Å². The second-order valence-corrected chi connectivity index (χ2v) is 8.11. The second-order valence-electron chi connectivity index (χ2n) is 8.11. The Bertz CT molecular complexity index is 831. The van der Waals surface area contributed by atoms with Crippen LogP contribution in [0, 0.1) is 17.7 Å². The van der Waals surface area contributed by atoms with Gasteiger partial charge in [0.15, 0.2) is 0 Å². The molecule has 0 spiro atoms. The number of hydrogen-bond acceptors (Lipinski definition) is 0.